The molecule has 3 N–H and O–H groups in total. The molecule has 4 amide bonds. The van der Waals surface area contributed by atoms with Crippen LogP contribution in [0.25, 0.3) is 5.69 Å². The Kier molecular flexibility index (Phi) is 11.5. The monoisotopic (exact) mass is 616 g/mol. The fourth-order valence-corrected chi connectivity index (χ4v) is 5.41. The summed E-state index contributed by atoms with van der Waals surface area (Å²) in [4.78, 5) is 54.8. The molecule has 240 valence electrons. The van der Waals surface area contributed by atoms with Gasteiger partial charge >= 0.3 is 0 Å². The number of aliphatic hydroxyl groups excluding tert-OH is 1. The Hall–Kier alpha value is -4.51. The standard InChI is InChI=1S/C34H44N6O5/c1-5-7-17-38(18-8-6-2)34(45)29-19-23(3)40(37-29)30-14-13-27(36-31(42)15-16-35-24(4)41)21-28(30)33(44)39-22-26-12-10-9-11-25(26)20-32(39)43/h9-14,19,21,32,43H,5-8,15-18,20,22H2,1-4H3,(H,35,41)(H,36,42)/t32-/m1/s1. The Bertz CT molecular complexity index is 1520. The van der Waals surface area contributed by atoms with Gasteiger partial charge in [0.05, 0.1) is 11.3 Å². The average molecular weight is 617 g/mol. The van der Waals surface area contributed by atoms with Crippen molar-refractivity contribution in [3.63, 3.8) is 0 Å². The van der Waals surface area contributed by atoms with Crippen molar-refractivity contribution >= 4 is 29.3 Å². The fraction of sp³-hybridized carbons (Fsp3) is 0.441. The molecule has 1 aromatic heterocycles. The summed E-state index contributed by atoms with van der Waals surface area (Å²) in [7, 11) is 0. The van der Waals surface area contributed by atoms with Crippen molar-refractivity contribution in [2.75, 3.05) is 25.0 Å². The molecule has 1 aliphatic heterocycles. The SMILES string of the molecule is CCCCN(CCCC)C(=O)c1cc(C)n(-c2ccc(NC(=O)CCNC(C)=O)cc2C(=O)N2Cc3ccccc3C[C@H]2O)n1. The minimum Gasteiger partial charge on any atom is -0.373 e. The lowest BCUT2D eigenvalue weighted by Crippen LogP contribution is -2.44. The van der Waals surface area contributed by atoms with Crippen LogP contribution in [0.4, 0.5) is 5.69 Å². The normalized spacial score (nSPS) is 14.1. The number of unbranched alkanes of at least 4 members (excludes halogenated alkanes) is 2. The topological polar surface area (TPSA) is 137 Å². The number of benzene rings is 2. The first-order chi connectivity index (χ1) is 21.6. The van der Waals surface area contributed by atoms with Crippen molar-refractivity contribution < 1.29 is 24.3 Å². The number of fused-ring (bicyclic) bond motifs is 1. The van der Waals surface area contributed by atoms with E-state index in [4.69, 9.17) is 0 Å². The van der Waals surface area contributed by atoms with Gasteiger partial charge in [-0.25, -0.2) is 4.68 Å². The second-order valence-corrected chi connectivity index (χ2v) is 11.5. The molecule has 0 saturated carbocycles. The van der Waals surface area contributed by atoms with Crippen LogP contribution in [0.3, 0.4) is 0 Å². The molecular weight excluding hydrogens is 572 g/mol. The molecule has 3 aromatic rings. The van der Waals surface area contributed by atoms with E-state index >= 15 is 0 Å². The number of aryl methyl sites for hydroxylation is 1. The molecule has 4 rings (SSSR count). The molecule has 0 fully saturated rings. The maximum absolute atomic E-state index is 14.2. The van der Waals surface area contributed by atoms with E-state index in [1.807, 2.05) is 36.1 Å². The molecule has 1 aliphatic rings. The van der Waals surface area contributed by atoms with Gasteiger partial charge in [0.1, 0.15) is 6.23 Å². The van der Waals surface area contributed by atoms with E-state index in [0.717, 1.165) is 36.8 Å². The summed E-state index contributed by atoms with van der Waals surface area (Å²) in [6.07, 6.45) is 3.04. The minimum atomic E-state index is -1.04. The summed E-state index contributed by atoms with van der Waals surface area (Å²) in [5.41, 5.74) is 3.90. The molecule has 0 spiro atoms. The van der Waals surface area contributed by atoms with Crippen molar-refractivity contribution in [3.8, 4) is 5.69 Å². The number of rotatable bonds is 13. The number of aliphatic hydroxyl groups is 1. The van der Waals surface area contributed by atoms with Gasteiger partial charge in [-0.3, -0.25) is 19.2 Å². The first-order valence-electron chi connectivity index (χ1n) is 15.7. The maximum Gasteiger partial charge on any atom is 0.274 e. The molecule has 0 unspecified atom stereocenters. The lowest BCUT2D eigenvalue weighted by atomic mass is 9.97. The lowest BCUT2D eigenvalue weighted by Gasteiger charge is -2.34. The van der Waals surface area contributed by atoms with Crippen LogP contribution in [0.2, 0.25) is 0 Å². The van der Waals surface area contributed by atoms with Crippen LogP contribution in [-0.2, 0) is 22.6 Å². The van der Waals surface area contributed by atoms with Crippen LogP contribution >= 0.6 is 0 Å². The highest BCUT2D eigenvalue weighted by Gasteiger charge is 2.31. The van der Waals surface area contributed by atoms with Crippen molar-refractivity contribution in [2.45, 2.75) is 79.0 Å². The molecule has 0 saturated heterocycles. The average Bonchev–Trinajstić information content (AvgIpc) is 3.41. The highest BCUT2D eigenvalue weighted by atomic mass is 16.3. The summed E-state index contributed by atoms with van der Waals surface area (Å²) >= 11 is 0. The molecule has 0 aliphatic carbocycles. The molecule has 1 atom stereocenters. The van der Waals surface area contributed by atoms with E-state index in [1.54, 1.807) is 28.9 Å². The van der Waals surface area contributed by atoms with Gasteiger partial charge in [-0.05, 0) is 55.2 Å². The van der Waals surface area contributed by atoms with Gasteiger partial charge in [-0.15, -0.1) is 0 Å². The van der Waals surface area contributed by atoms with E-state index in [-0.39, 0.29) is 42.8 Å². The zero-order valence-corrected chi connectivity index (χ0v) is 26.6. The number of carbonyl (C=O) groups is 4. The van der Waals surface area contributed by atoms with Crippen LogP contribution in [0.1, 0.15) is 90.5 Å². The molecule has 11 heteroatoms. The zero-order valence-electron chi connectivity index (χ0n) is 26.6. The molecular formula is C34H44N6O5. The van der Waals surface area contributed by atoms with Crippen LogP contribution in [0.15, 0.2) is 48.5 Å². The first kappa shape index (κ1) is 33.4. The Morgan fingerprint density at radius 3 is 2.36 bits per heavy atom. The van der Waals surface area contributed by atoms with Crippen molar-refractivity contribution in [1.29, 1.82) is 0 Å². The van der Waals surface area contributed by atoms with E-state index in [2.05, 4.69) is 29.6 Å². The Balaban J connectivity index is 1.69. The van der Waals surface area contributed by atoms with Gasteiger partial charge in [-0.2, -0.15) is 5.10 Å². The third-order valence-electron chi connectivity index (χ3n) is 7.90. The Morgan fingerprint density at radius 2 is 1.69 bits per heavy atom. The van der Waals surface area contributed by atoms with Crippen LogP contribution in [0, 0.1) is 6.92 Å². The first-order valence-corrected chi connectivity index (χ1v) is 15.7. The van der Waals surface area contributed by atoms with Gasteiger partial charge in [0.25, 0.3) is 11.8 Å². The number of carbonyl (C=O) groups excluding carboxylic acids is 4. The molecule has 11 nitrogen and oxygen atoms in total. The van der Waals surface area contributed by atoms with Gasteiger partial charge < -0.3 is 25.5 Å². The molecule has 0 bridgehead atoms. The maximum atomic E-state index is 14.2. The van der Waals surface area contributed by atoms with Crippen LogP contribution in [0.5, 0.6) is 0 Å². The predicted octanol–water partition coefficient (Wildman–Crippen LogP) is 4.20. The number of hydrogen-bond acceptors (Lipinski definition) is 6. The lowest BCUT2D eigenvalue weighted by molar-refractivity contribution is -0.119. The third kappa shape index (κ3) is 8.36. The smallest absolute Gasteiger partial charge is 0.274 e. The van der Waals surface area contributed by atoms with Crippen molar-refractivity contribution in [2.24, 2.45) is 0 Å². The Morgan fingerprint density at radius 1 is 1.00 bits per heavy atom. The summed E-state index contributed by atoms with van der Waals surface area (Å²) in [6.45, 7) is 9.08. The summed E-state index contributed by atoms with van der Waals surface area (Å²) in [5.74, 6) is -1.15. The van der Waals surface area contributed by atoms with Gasteiger partial charge in [0.2, 0.25) is 11.8 Å². The second-order valence-electron chi connectivity index (χ2n) is 11.5. The quantitative estimate of drug-likeness (QED) is 0.263. The Labute approximate surface area is 264 Å². The minimum absolute atomic E-state index is 0.0581. The van der Waals surface area contributed by atoms with E-state index in [9.17, 15) is 24.3 Å². The fourth-order valence-electron chi connectivity index (χ4n) is 5.41. The molecule has 2 aromatic carbocycles. The van der Waals surface area contributed by atoms with Gasteiger partial charge in [-0.1, -0.05) is 51.0 Å². The number of anilines is 1. The van der Waals surface area contributed by atoms with E-state index < -0.39 is 12.1 Å². The highest BCUT2D eigenvalue weighted by molar-refractivity contribution is 6.01. The number of hydrogen-bond donors (Lipinski definition) is 3. The molecule has 2 heterocycles. The van der Waals surface area contributed by atoms with Crippen LogP contribution < -0.4 is 10.6 Å². The third-order valence-corrected chi connectivity index (χ3v) is 7.90. The van der Waals surface area contributed by atoms with Gasteiger partial charge in [0.15, 0.2) is 5.69 Å². The predicted molar refractivity (Wildman–Crippen MR) is 172 cm³/mol. The summed E-state index contributed by atoms with van der Waals surface area (Å²) < 4.78 is 1.57. The number of amides is 4. The van der Waals surface area contributed by atoms with Crippen molar-refractivity contribution in [3.05, 3.63) is 76.6 Å². The van der Waals surface area contributed by atoms with E-state index in [1.165, 1.54) is 11.8 Å². The van der Waals surface area contributed by atoms with Crippen LogP contribution in [-0.4, -0.2) is 74.2 Å². The number of aromatic nitrogens is 2. The summed E-state index contributed by atoms with van der Waals surface area (Å²) in [5, 5.41) is 21.1. The molecule has 45 heavy (non-hydrogen) atoms. The summed E-state index contributed by atoms with van der Waals surface area (Å²) in [6, 6.07) is 14.3. The number of nitrogens with one attached hydrogen (secondary N) is 2. The highest BCUT2D eigenvalue weighted by Crippen LogP contribution is 2.28. The van der Waals surface area contributed by atoms with E-state index in [0.29, 0.717) is 42.3 Å². The number of nitrogens with zero attached hydrogens (tertiary/aromatic N) is 4. The van der Waals surface area contributed by atoms with Crippen molar-refractivity contribution in [1.82, 2.24) is 24.9 Å². The van der Waals surface area contributed by atoms with Gasteiger partial charge in [0, 0.05) is 57.3 Å². The molecule has 0 radical (unpaired) electrons. The zero-order chi connectivity index (χ0) is 32.5. The largest absolute Gasteiger partial charge is 0.373 e. The second kappa shape index (κ2) is 15.5.